The Bertz CT molecular complexity index is 303. The van der Waals surface area contributed by atoms with Gasteiger partial charge in [-0.3, -0.25) is 0 Å². The highest BCUT2D eigenvalue weighted by Crippen LogP contribution is 2.30. The Hall–Kier alpha value is -1.18. The van der Waals surface area contributed by atoms with Crippen LogP contribution < -0.4 is 9.47 Å². The summed E-state index contributed by atoms with van der Waals surface area (Å²) in [6, 6.07) is 5.97. The predicted octanol–water partition coefficient (Wildman–Crippen LogP) is 2.54. The monoisotopic (exact) mass is 178 g/mol. The molecular formula is C11H14O2. The molecule has 1 aliphatic rings. The van der Waals surface area contributed by atoms with Gasteiger partial charge in [0.15, 0.2) is 0 Å². The number of benzene rings is 1. The molecule has 1 fully saturated rings. The first kappa shape index (κ1) is 8.42. The maximum atomic E-state index is 5.64. The van der Waals surface area contributed by atoms with Gasteiger partial charge in [-0.15, -0.1) is 0 Å². The number of hydrogen-bond acceptors (Lipinski definition) is 2. The number of methoxy groups -OCH3 is 1. The first-order chi connectivity index (χ1) is 6.29. The van der Waals surface area contributed by atoms with Gasteiger partial charge in [0.2, 0.25) is 0 Å². The van der Waals surface area contributed by atoms with Crippen LogP contribution in [0.5, 0.6) is 11.5 Å². The zero-order valence-corrected chi connectivity index (χ0v) is 8.04. The van der Waals surface area contributed by atoms with Gasteiger partial charge in [-0.05, 0) is 31.4 Å². The van der Waals surface area contributed by atoms with Crippen LogP contribution in [0.4, 0.5) is 0 Å². The molecule has 0 saturated heterocycles. The summed E-state index contributed by atoms with van der Waals surface area (Å²) in [5, 5.41) is 0. The van der Waals surface area contributed by atoms with Gasteiger partial charge in [-0.2, -0.15) is 0 Å². The van der Waals surface area contributed by atoms with E-state index in [1.807, 2.05) is 25.1 Å². The highest BCUT2D eigenvalue weighted by molar-refractivity contribution is 5.39. The van der Waals surface area contributed by atoms with Crippen LogP contribution >= 0.6 is 0 Å². The number of rotatable bonds is 3. The zero-order chi connectivity index (χ0) is 9.26. The molecule has 2 heteroatoms. The minimum Gasteiger partial charge on any atom is -0.496 e. The summed E-state index contributed by atoms with van der Waals surface area (Å²) in [6.45, 7) is 2.03. The third-order valence-corrected chi connectivity index (χ3v) is 2.21. The zero-order valence-electron chi connectivity index (χ0n) is 8.04. The first-order valence-corrected chi connectivity index (χ1v) is 4.61. The Morgan fingerprint density at radius 1 is 1.31 bits per heavy atom. The molecule has 1 aromatic rings. The van der Waals surface area contributed by atoms with Gasteiger partial charge in [-0.1, -0.05) is 6.07 Å². The highest BCUT2D eigenvalue weighted by Gasteiger charge is 2.23. The van der Waals surface area contributed by atoms with Crippen LogP contribution in [0.25, 0.3) is 0 Å². The van der Waals surface area contributed by atoms with E-state index in [9.17, 15) is 0 Å². The van der Waals surface area contributed by atoms with Crippen molar-refractivity contribution in [2.24, 2.45) is 0 Å². The molecule has 13 heavy (non-hydrogen) atoms. The quantitative estimate of drug-likeness (QED) is 0.708. The van der Waals surface area contributed by atoms with E-state index in [1.54, 1.807) is 7.11 Å². The van der Waals surface area contributed by atoms with Gasteiger partial charge in [0.05, 0.1) is 13.2 Å². The molecule has 0 radical (unpaired) electrons. The topological polar surface area (TPSA) is 18.5 Å². The summed E-state index contributed by atoms with van der Waals surface area (Å²) in [7, 11) is 1.68. The molecule has 0 heterocycles. The predicted molar refractivity (Wildman–Crippen MR) is 51.4 cm³/mol. The molecule has 0 bridgehead atoms. The van der Waals surface area contributed by atoms with E-state index in [4.69, 9.17) is 9.47 Å². The van der Waals surface area contributed by atoms with Gasteiger partial charge < -0.3 is 9.47 Å². The largest absolute Gasteiger partial charge is 0.496 e. The summed E-state index contributed by atoms with van der Waals surface area (Å²) in [6.07, 6.45) is 2.83. The lowest BCUT2D eigenvalue weighted by atomic mass is 10.2. The van der Waals surface area contributed by atoms with Crippen molar-refractivity contribution in [1.82, 2.24) is 0 Å². The van der Waals surface area contributed by atoms with Crippen LogP contribution in [-0.2, 0) is 0 Å². The molecule has 0 N–H and O–H groups in total. The summed E-state index contributed by atoms with van der Waals surface area (Å²) in [5.74, 6) is 1.82. The molecule has 2 nitrogen and oxygen atoms in total. The van der Waals surface area contributed by atoms with Crippen LogP contribution in [0.15, 0.2) is 18.2 Å². The summed E-state index contributed by atoms with van der Waals surface area (Å²) in [4.78, 5) is 0. The second kappa shape index (κ2) is 3.29. The minimum absolute atomic E-state index is 0.451. The Morgan fingerprint density at radius 3 is 2.69 bits per heavy atom. The third-order valence-electron chi connectivity index (χ3n) is 2.21. The Labute approximate surface area is 78.5 Å². The van der Waals surface area contributed by atoms with Gasteiger partial charge in [0.1, 0.15) is 11.5 Å². The van der Waals surface area contributed by atoms with E-state index in [0.717, 1.165) is 17.1 Å². The minimum atomic E-state index is 0.451. The molecule has 1 saturated carbocycles. The molecule has 0 aliphatic heterocycles. The van der Waals surface area contributed by atoms with Crippen molar-refractivity contribution in [2.75, 3.05) is 7.11 Å². The lowest BCUT2D eigenvalue weighted by molar-refractivity contribution is 0.300. The summed E-state index contributed by atoms with van der Waals surface area (Å²) >= 11 is 0. The Morgan fingerprint density at radius 2 is 2.08 bits per heavy atom. The van der Waals surface area contributed by atoms with Crippen LogP contribution in [-0.4, -0.2) is 13.2 Å². The highest BCUT2D eigenvalue weighted by atomic mass is 16.5. The van der Waals surface area contributed by atoms with Crippen LogP contribution in [0.2, 0.25) is 0 Å². The second-order valence-corrected chi connectivity index (χ2v) is 3.45. The van der Waals surface area contributed by atoms with E-state index in [0.29, 0.717) is 6.10 Å². The SMILES string of the molecule is COc1cc(OC2CC2)ccc1C. The van der Waals surface area contributed by atoms with Crippen molar-refractivity contribution in [1.29, 1.82) is 0 Å². The third kappa shape index (κ3) is 1.94. The van der Waals surface area contributed by atoms with Gasteiger partial charge >= 0.3 is 0 Å². The van der Waals surface area contributed by atoms with Crippen LogP contribution in [0.3, 0.4) is 0 Å². The smallest absolute Gasteiger partial charge is 0.125 e. The second-order valence-electron chi connectivity index (χ2n) is 3.45. The van der Waals surface area contributed by atoms with Crippen LogP contribution in [0.1, 0.15) is 18.4 Å². The van der Waals surface area contributed by atoms with Crippen molar-refractivity contribution >= 4 is 0 Å². The molecule has 1 aromatic carbocycles. The van der Waals surface area contributed by atoms with Crippen molar-refractivity contribution in [3.8, 4) is 11.5 Å². The molecule has 0 amide bonds. The fourth-order valence-electron chi connectivity index (χ4n) is 1.25. The molecular weight excluding hydrogens is 164 g/mol. The average Bonchev–Trinajstić information content (AvgIpc) is 2.92. The summed E-state index contributed by atoms with van der Waals surface area (Å²) in [5.41, 5.74) is 1.14. The average molecular weight is 178 g/mol. The first-order valence-electron chi connectivity index (χ1n) is 4.61. The lowest BCUT2D eigenvalue weighted by Crippen LogP contribution is -1.96. The maximum absolute atomic E-state index is 5.64. The summed E-state index contributed by atoms with van der Waals surface area (Å²) < 4.78 is 10.9. The normalized spacial score (nSPS) is 15.5. The Balaban J connectivity index is 2.16. The lowest BCUT2D eigenvalue weighted by Gasteiger charge is -2.08. The molecule has 2 rings (SSSR count). The number of ether oxygens (including phenoxy) is 2. The molecule has 1 aliphatic carbocycles. The van der Waals surface area contributed by atoms with Crippen molar-refractivity contribution in [2.45, 2.75) is 25.9 Å². The Kier molecular flexibility index (Phi) is 2.13. The maximum Gasteiger partial charge on any atom is 0.125 e. The fourth-order valence-corrected chi connectivity index (χ4v) is 1.25. The van der Waals surface area contributed by atoms with E-state index < -0.39 is 0 Å². The van der Waals surface area contributed by atoms with Crippen molar-refractivity contribution < 1.29 is 9.47 Å². The van der Waals surface area contributed by atoms with Gasteiger partial charge in [0, 0.05) is 6.07 Å². The fraction of sp³-hybridized carbons (Fsp3) is 0.455. The van der Waals surface area contributed by atoms with E-state index in [2.05, 4.69) is 0 Å². The van der Waals surface area contributed by atoms with Crippen molar-refractivity contribution in [3.05, 3.63) is 23.8 Å². The van der Waals surface area contributed by atoms with Crippen molar-refractivity contribution in [3.63, 3.8) is 0 Å². The van der Waals surface area contributed by atoms with Gasteiger partial charge in [-0.25, -0.2) is 0 Å². The molecule has 0 spiro atoms. The molecule has 70 valence electrons. The molecule has 0 unspecified atom stereocenters. The molecule has 0 atom stereocenters. The van der Waals surface area contributed by atoms with E-state index in [1.165, 1.54) is 12.8 Å². The van der Waals surface area contributed by atoms with E-state index >= 15 is 0 Å². The van der Waals surface area contributed by atoms with E-state index in [-0.39, 0.29) is 0 Å². The molecule has 0 aromatic heterocycles. The number of hydrogen-bond donors (Lipinski definition) is 0. The van der Waals surface area contributed by atoms with Crippen LogP contribution in [0, 0.1) is 6.92 Å². The standard InChI is InChI=1S/C11H14O2/c1-8-3-4-10(7-11(8)12-2)13-9-5-6-9/h3-4,7,9H,5-6H2,1-2H3. The number of aryl methyl sites for hydroxylation is 1. The van der Waals surface area contributed by atoms with Gasteiger partial charge in [0.25, 0.3) is 0 Å².